The fourth-order valence-corrected chi connectivity index (χ4v) is 1.85. The number of carbonyl (C=O) groups excluding carboxylic acids is 2. The van der Waals surface area contributed by atoms with Gasteiger partial charge in [-0.05, 0) is 18.2 Å². The molecule has 0 N–H and O–H groups in total. The Morgan fingerprint density at radius 1 is 1.21 bits per heavy atom. The van der Waals surface area contributed by atoms with Gasteiger partial charge >= 0.3 is 11.9 Å². The van der Waals surface area contributed by atoms with Crippen LogP contribution in [-0.4, -0.2) is 32.8 Å². The van der Waals surface area contributed by atoms with Crippen molar-refractivity contribution < 1.29 is 23.8 Å². The zero-order chi connectivity index (χ0) is 14.3. The molecule has 0 bridgehead atoms. The first-order valence-corrected chi connectivity index (χ1v) is 6.41. The van der Waals surface area contributed by atoms with E-state index in [2.05, 4.69) is 25.4 Å². The fourth-order valence-electron chi connectivity index (χ4n) is 1.47. The summed E-state index contributed by atoms with van der Waals surface area (Å²) >= 11 is 3.32. The van der Waals surface area contributed by atoms with Gasteiger partial charge in [-0.25, -0.2) is 0 Å². The van der Waals surface area contributed by atoms with Crippen LogP contribution in [0.3, 0.4) is 0 Å². The van der Waals surface area contributed by atoms with Crippen LogP contribution in [0.25, 0.3) is 0 Å². The number of rotatable bonds is 6. The van der Waals surface area contributed by atoms with Gasteiger partial charge in [0, 0.05) is 10.9 Å². The Kier molecular flexibility index (Phi) is 6.35. The summed E-state index contributed by atoms with van der Waals surface area (Å²) in [5.74, 6) is -1.54. The normalized spacial score (nSPS) is 10.1. The summed E-state index contributed by atoms with van der Waals surface area (Å²) in [7, 11) is 2.46. The number of hydrogen-bond acceptors (Lipinski definition) is 5. The lowest BCUT2D eigenvalue weighted by Gasteiger charge is -2.13. The van der Waals surface area contributed by atoms with E-state index < -0.39 is 17.9 Å². The lowest BCUT2D eigenvalue weighted by Crippen LogP contribution is -2.28. The lowest BCUT2D eigenvalue weighted by atomic mass is 10.1. The smallest absolute Gasteiger partial charge is 0.320 e. The summed E-state index contributed by atoms with van der Waals surface area (Å²) in [6.45, 7) is 0.214. The van der Waals surface area contributed by atoms with Crippen molar-refractivity contribution in [3.8, 4) is 5.75 Å². The molecule has 1 rings (SSSR count). The van der Waals surface area contributed by atoms with E-state index in [1.807, 2.05) is 12.1 Å². The highest BCUT2D eigenvalue weighted by Gasteiger charge is 2.28. The third-order valence-corrected chi connectivity index (χ3v) is 2.94. The van der Waals surface area contributed by atoms with Crippen molar-refractivity contribution in [2.45, 2.75) is 6.42 Å². The van der Waals surface area contributed by atoms with Crippen molar-refractivity contribution in [2.75, 3.05) is 20.8 Å². The van der Waals surface area contributed by atoms with Crippen LogP contribution in [-0.2, 0) is 19.1 Å². The Bertz CT molecular complexity index is 430. The third kappa shape index (κ3) is 4.90. The van der Waals surface area contributed by atoms with E-state index in [1.54, 1.807) is 12.1 Å². The average molecular weight is 331 g/mol. The molecular weight excluding hydrogens is 316 g/mol. The highest BCUT2D eigenvalue weighted by molar-refractivity contribution is 9.10. The van der Waals surface area contributed by atoms with Gasteiger partial charge in [0.2, 0.25) is 0 Å². The van der Waals surface area contributed by atoms with Crippen molar-refractivity contribution in [2.24, 2.45) is 5.92 Å². The molecule has 1 aromatic rings. The number of esters is 2. The highest BCUT2D eigenvalue weighted by atomic mass is 79.9. The minimum atomic E-state index is -0.956. The van der Waals surface area contributed by atoms with Crippen LogP contribution in [0.5, 0.6) is 5.75 Å². The Hall–Kier alpha value is -1.56. The van der Waals surface area contributed by atoms with Gasteiger partial charge in [-0.3, -0.25) is 9.59 Å². The van der Waals surface area contributed by atoms with E-state index >= 15 is 0 Å². The predicted octanol–water partition coefficient (Wildman–Crippen LogP) is 2.18. The molecule has 0 saturated carbocycles. The molecule has 0 aliphatic heterocycles. The van der Waals surface area contributed by atoms with Gasteiger partial charge in [-0.15, -0.1) is 0 Å². The number of hydrogen-bond donors (Lipinski definition) is 0. The minimum absolute atomic E-state index is 0.200. The second kappa shape index (κ2) is 7.78. The van der Waals surface area contributed by atoms with E-state index in [9.17, 15) is 9.59 Å². The molecule has 0 aliphatic rings. The molecule has 6 heteroatoms. The molecule has 5 nitrogen and oxygen atoms in total. The van der Waals surface area contributed by atoms with Gasteiger partial charge in [-0.1, -0.05) is 22.0 Å². The van der Waals surface area contributed by atoms with E-state index in [1.165, 1.54) is 14.2 Å². The molecule has 0 radical (unpaired) electrons. The van der Waals surface area contributed by atoms with Crippen molar-refractivity contribution in [3.63, 3.8) is 0 Å². The van der Waals surface area contributed by atoms with Crippen LogP contribution in [0.4, 0.5) is 0 Å². The first kappa shape index (κ1) is 15.5. The molecule has 19 heavy (non-hydrogen) atoms. The zero-order valence-electron chi connectivity index (χ0n) is 10.7. The quantitative estimate of drug-likeness (QED) is 0.591. The van der Waals surface area contributed by atoms with Crippen LogP contribution >= 0.6 is 15.9 Å². The summed E-state index contributed by atoms with van der Waals surface area (Å²) in [6, 6.07) is 7.29. The Morgan fingerprint density at radius 2 is 1.84 bits per heavy atom. The Morgan fingerprint density at radius 3 is 2.37 bits per heavy atom. The van der Waals surface area contributed by atoms with Crippen molar-refractivity contribution in [1.82, 2.24) is 0 Å². The van der Waals surface area contributed by atoms with Gasteiger partial charge in [0.15, 0.2) is 5.92 Å². The molecule has 0 atom stereocenters. The van der Waals surface area contributed by atoms with Crippen LogP contribution in [0.2, 0.25) is 0 Å². The number of ether oxygens (including phenoxy) is 3. The molecule has 1 aromatic carbocycles. The third-order valence-electron chi connectivity index (χ3n) is 2.44. The zero-order valence-corrected chi connectivity index (χ0v) is 12.3. The lowest BCUT2D eigenvalue weighted by molar-refractivity contribution is -0.159. The highest BCUT2D eigenvalue weighted by Crippen LogP contribution is 2.18. The molecule has 0 aliphatic carbocycles. The van der Waals surface area contributed by atoms with Gasteiger partial charge in [0.1, 0.15) is 5.75 Å². The van der Waals surface area contributed by atoms with E-state index in [0.717, 1.165) is 4.47 Å². The number of halogens is 1. The number of methoxy groups -OCH3 is 2. The molecule has 0 saturated heterocycles. The summed E-state index contributed by atoms with van der Waals surface area (Å²) in [5, 5.41) is 0. The molecule has 104 valence electrons. The first-order valence-electron chi connectivity index (χ1n) is 5.62. The molecule has 0 fully saturated rings. The summed E-state index contributed by atoms with van der Waals surface area (Å²) in [5.41, 5.74) is 0. The van der Waals surface area contributed by atoms with Crippen LogP contribution in [0, 0.1) is 5.92 Å². The average Bonchev–Trinajstić information content (AvgIpc) is 2.42. The molecular formula is C13H15BrO5. The maximum Gasteiger partial charge on any atom is 0.320 e. The predicted molar refractivity (Wildman–Crippen MR) is 71.8 cm³/mol. The van der Waals surface area contributed by atoms with Gasteiger partial charge < -0.3 is 14.2 Å². The minimum Gasteiger partial charge on any atom is -0.494 e. The van der Waals surface area contributed by atoms with Gasteiger partial charge in [0.05, 0.1) is 20.8 Å². The van der Waals surface area contributed by atoms with Gasteiger partial charge in [0.25, 0.3) is 0 Å². The maximum atomic E-state index is 11.4. The van der Waals surface area contributed by atoms with Crippen LogP contribution in [0.15, 0.2) is 28.7 Å². The fraction of sp³-hybridized carbons (Fsp3) is 0.385. The molecule has 0 amide bonds. The molecule has 0 heterocycles. The van der Waals surface area contributed by atoms with Crippen LogP contribution < -0.4 is 4.74 Å². The summed E-state index contributed by atoms with van der Waals surface area (Å²) in [4.78, 5) is 22.8. The molecule has 0 unspecified atom stereocenters. The summed E-state index contributed by atoms with van der Waals surface area (Å²) < 4.78 is 15.5. The number of benzene rings is 1. The maximum absolute atomic E-state index is 11.4. The standard InChI is InChI=1S/C13H15BrO5/c1-17-12(15)11(13(16)18-2)6-7-19-10-5-3-4-9(14)8-10/h3-5,8,11H,6-7H2,1-2H3. The number of carbonyl (C=O) groups is 2. The largest absolute Gasteiger partial charge is 0.494 e. The second-order valence-corrected chi connectivity index (χ2v) is 4.61. The van der Waals surface area contributed by atoms with Crippen molar-refractivity contribution in [1.29, 1.82) is 0 Å². The van der Waals surface area contributed by atoms with E-state index in [4.69, 9.17) is 4.74 Å². The first-order chi connectivity index (χ1) is 9.08. The monoisotopic (exact) mass is 330 g/mol. The van der Waals surface area contributed by atoms with E-state index in [-0.39, 0.29) is 13.0 Å². The van der Waals surface area contributed by atoms with Gasteiger partial charge in [-0.2, -0.15) is 0 Å². The van der Waals surface area contributed by atoms with Crippen LogP contribution in [0.1, 0.15) is 6.42 Å². The second-order valence-electron chi connectivity index (χ2n) is 3.69. The summed E-state index contributed by atoms with van der Waals surface area (Å²) in [6.07, 6.45) is 0.200. The van der Waals surface area contributed by atoms with Crippen molar-refractivity contribution in [3.05, 3.63) is 28.7 Å². The Balaban J connectivity index is 2.53. The molecule has 0 aromatic heterocycles. The van der Waals surface area contributed by atoms with Crippen molar-refractivity contribution >= 4 is 27.9 Å². The topological polar surface area (TPSA) is 61.8 Å². The SMILES string of the molecule is COC(=O)C(CCOc1cccc(Br)c1)C(=O)OC. The Labute approximate surface area is 120 Å². The van der Waals surface area contributed by atoms with E-state index in [0.29, 0.717) is 5.75 Å². The molecule has 0 spiro atoms.